The second-order valence-electron chi connectivity index (χ2n) is 2.97. The number of rotatable bonds is 7. The van der Waals surface area contributed by atoms with E-state index in [4.69, 9.17) is 0 Å². The van der Waals surface area contributed by atoms with Crippen molar-refractivity contribution in [2.24, 2.45) is 5.92 Å². The van der Waals surface area contributed by atoms with Crippen LogP contribution in [0.1, 0.15) is 6.42 Å². The maximum Gasteiger partial charge on any atom is 0.317 e. The number of hydrogen-bond acceptors (Lipinski definition) is 3. The Bertz CT molecular complexity index is 276. The van der Waals surface area contributed by atoms with Gasteiger partial charge in [-0.1, -0.05) is 12.7 Å². The molecule has 0 aromatic heterocycles. The summed E-state index contributed by atoms with van der Waals surface area (Å²) >= 11 is 0. The lowest BCUT2D eigenvalue weighted by atomic mass is 9.97. The molecule has 0 rings (SSSR count). The van der Waals surface area contributed by atoms with E-state index in [2.05, 4.69) is 22.6 Å². The van der Waals surface area contributed by atoms with Gasteiger partial charge >= 0.3 is 11.9 Å². The van der Waals surface area contributed by atoms with Gasteiger partial charge in [0, 0.05) is 7.11 Å². The molecule has 0 spiro atoms. The SMILES string of the molecule is C=CCC(C(=O)OCOC)C(F)(F)C(=C)F. The quantitative estimate of drug-likeness (QED) is 0.388. The van der Waals surface area contributed by atoms with Crippen LogP contribution in [0.15, 0.2) is 25.1 Å². The number of alkyl halides is 2. The lowest BCUT2D eigenvalue weighted by Gasteiger charge is -2.22. The Morgan fingerprint density at radius 2 is 2.12 bits per heavy atom. The molecule has 1 atom stereocenters. The van der Waals surface area contributed by atoms with Crippen LogP contribution in [0.5, 0.6) is 0 Å². The first kappa shape index (κ1) is 14.7. The molecule has 0 N–H and O–H groups in total. The van der Waals surface area contributed by atoms with Gasteiger partial charge in [0.05, 0.1) is 0 Å². The fourth-order valence-electron chi connectivity index (χ4n) is 0.966. The fourth-order valence-corrected chi connectivity index (χ4v) is 0.966. The Balaban J connectivity index is 4.78. The van der Waals surface area contributed by atoms with Crippen LogP contribution in [0.25, 0.3) is 0 Å². The van der Waals surface area contributed by atoms with Crippen molar-refractivity contribution in [1.82, 2.24) is 0 Å². The first-order valence-corrected chi connectivity index (χ1v) is 4.37. The van der Waals surface area contributed by atoms with Gasteiger partial charge in [-0.2, -0.15) is 8.78 Å². The average molecular weight is 238 g/mol. The molecule has 0 saturated heterocycles. The molecule has 0 bridgehead atoms. The number of hydrogen-bond donors (Lipinski definition) is 0. The summed E-state index contributed by atoms with van der Waals surface area (Å²) in [6.07, 6.45) is 0.661. The molecule has 0 aliphatic carbocycles. The Morgan fingerprint density at radius 3 is 2.50 bits per heavy atom. The molecule has 0 saturated carbocycles. The monoisotopic (exact) mass is 238 g/mol. The molecule has 0 aromatic rings. The molecule has 0 fully saturated rings. The topological polar surface area (TPSA) is 35.5 Å². The predicted octanol–water partition coefficient (Wildman–Crippen LogP) is 2.44. The average Bonchev–Trinajstić information content (AvgIpc) is 2.21. The van der Waals surface area contributed by atoms with Gasteiger partial charge in [-0.3, -0.25) is 4.79 Å². The van der Waals surface area contributed by atoms with Gasteiger partial charge in [-0.15, -0.1) is 6.58 Å². The molecular formula is C10H13F3O3. The van der Waals surface area contributed by atoms with Crippen LogP contribution >= 0.6 is 0 Å². The van der Waals surface area contributed by atoms with Gasteiger partial charge in [-0.25, -0.2) is 4.39 Å². The summed E-state index contributed by atoms with van der Waals surface area (Å²) in [7, 11) is 1.22. The molecule has 6 heteroatoms. The van der Waals surface area contributed by atoms with Crippen LogP contribution in [-0.2, 0) is 14.3 Å². The van der Waals surface area contributed by atoms with Crippen LogP contribution in [-0.4, -0.2) is 25.8 Å². The third-order valence-corrected chi connectivity index (χ3v) is 1.81. The summed E-state index contributed by atoms with van der Waals surface area (Å²) in [5.41, 5.74) is 0. The molecule has 0 amide bonds. The number of methoxy groups -OCH3 is 1. The third kappa shape index (κ3) is 3.69. The van der Waals surface area contributed by atoms with E-state index in [0.29, 0.717) is 0 Å². The van der Waals surface area contributed by atoms with Crippen LogP contribution in [0, 0.1) is 5.92 Å². The summed E-state index contributed by atoms with van der Waals surface area (Å²) in [4.78, 5) is 11.2. The van der Waals surface area contributed by atoms with E-state index in [1.807, 2.05) is 0 Å². The van der Waals surface area contributed by atoms with Gasteiger partial charge in [-0.05, 0) is 6.42 Å². The maximum absolute atomic E-state index is 13.2. The van der Waals surface area contributed by atoms with Crippen LogP contribution in [0.3, 0.4) is 0 Å². The molecule has 0 radical (unpaired) electrons. The van der Waals surface area contributed by atoms with E-state index in [0.717, 1.165) is 6.08 Å². The molecule has 92 valence electrons. The minimum Gasteiger partial charge on any atom is -0.438 e. The highest BCUT2D eigenvalue weighted by Crippen LogP contribution is 2.35. The smallest absolute Gasteiger partial charge is 0.317 e. The number of allylic oxidation sites excluding steroid dienone is 2. The van der Waals surface area contributed by atoms with E-state index in [1.165, 1.54) is 7.11 Å². The summed E-state index contributed by atoms with van der Waals surface area (Å²) in [5.74, 6) is -9.09. The number of esters is 1. The maximum atomic E-state index is 13.2. The van der Waals surface area contributed by atoms with Gasteiger partial charge in [0.1, 0.15) is 5.92 Å². The lowest BCUT2D eigenvalue weighted by Crippen LogP contribution is -2.36. The highest BCUT2D eigenvalue weighted by Gasteiger charge is 2.47. The zero-order chi connectivity index (χ0) is 12.8. The summed E-state index contributed by atoms with van der Waals surface area (Å²) in [6, 6.07) is 0. The van der Waals surface area contributed by atoms with E-state index in [-0.39, 0.29) is 0 Å². The summed E-state index contributed by atoms with van der Waals surface area (Å²) in [6.45, 7) is 5.24. The Labute approximate surface area is 91.5 Å². The Hall–Kier alpha value is -1.30. The van der Waals surface area contributed by atoms with E-state index in [1.54, 1.807) is 0 Å². The summed E-state index contributed by atoms with van der Waals surface area (Å²) < 4.78 is 47.7. The van der Waals surface area contributed by atoms with Gasteiger partial charge in [0.25, 0.3) is 0 Å². The number of ether oxygens (including phenoxy) is 2. The van der Waals surface area contributed by atoms with Crippen molar-refractivity contribution in [3.8, 4) is 0 Å². The minimum absolute atomic E-state index is 0.418. The molecule has 0 aliphatic heterocycles. The van der Waals surface area contributed by atoms with Gasteiger partial charge in [0.2, 0.25) is 0 Å². The van der Waals surface area contributed by atoms with Gasteiger partial charge in [0.15, 0.2) is 12.6 Å². The summed E-state index contributed by atoms with van der Waals surface area (Å²) in [5, 5.41) is 0. The standard InChI is InChI=1S/C10H13F3O3/c1-4-5-8(9(14)16-6-15-3)10(12,13)7(2)11/h4,8H,1-2,5-6H2,3H3. The molecule has 3 nitrogen and oxygen atoms in total. The second kappa shape index (κ2) is 6.32. The lowest BCUT2D eigenvalue weighted by molar-refractivity contribution is -0.171. The molecule has 0 heterocycles. The van der Waals surface area contributed by atoms with E-state index >= 15 is 0 Å². The first-order valence-electron chi connectivity index (χ1n) is 4.37. The van der Waals surface area contributed by atoms with Crippen molar-refractivity contribution in [3.05, 3.63) is 25.1 Å². The van der Waals surface area contributed by atoms with Crippen LogP contribution in [0.4, 0.5) is 13.2 Å². The Morgan fingerprint density at radius 1 is 1.56 bits per heavy atom. The Kier molecular flexibility index (Phi) is 5.81. The fraction of sp³-hybridized carbons (Fsp3) is 0.500. The molecule has 0 aromatic carbocycles. The van der Waals surface area contributed by atoms with Crippen LogP contribution in [0.2, 0.25) is 0 Å². The zero-order valence-electron chi connectivity index (χ0n) is 8.84. The van der Waals surface area contributed by atoms with Crippen molar-refractivity contribution < 1.29 is 27.4 Å². The first-order chi connectivity index (χ1) is 7.37. The molecular weight excluding hydrogens is 225 g/mol. The van der Waals surface area contributed by atoms with Crippen molar-refractivity contribution >= 4 is 5.97 Å². The van der Waals surface area contributed by atoms with E-state index < -0.39 is 36.9 Å². The third-order valence-electron chi connectivity index (χ3n) is 1.81. The highest BCUT2D eigenvalue weighted by atomic mass is 19.3. The number of carbonyl (C=O) groups is 1. The van der Waals surface area contributed by atoms with Gasteiger partial charge < -0.3 is 9.47 Å². The zero-order valence-corrected chi connectivity index (χ0v) is 8.84. The molecule has 1 unspecified atom stereocenters. The van der Waals surface area contributed by atoms with E-state index in [9.17, 15) is 18.0 Å². The predicted molar refractivity (Wildman–Crippen MR) is 51.5 cm³/mol. The normalized spacial score (nSPS) is 13.0. The van der Waals surface area contributed by atoms with Crippen molar-refractivity contribution in [1.29, 1.82) is 0 Å². The largest absolute Gasteiger partial charge is 0.438 e. The van der Waals surface area contributed by atoms with Crippen molar-refractivity contribution in [2.75, 3.05) is 13.9 Å². The number of halogens is 3. The minimum atomic E-state index is -3.97. The van der Waals surface area contributed by atoms with Crippen molar-refractivity contribution in [2.45, 2.75) is 12.3 Å². The van der Waals surface area contributed by atoms with Crippen molar-refractivity contribution in [3.63, 3.8) is 0 Å². The number of carbonyl (C=O) groups excluding carboxylic acids is 1. The molecule has 16 heavy (non-hydrogen) atoms. The molecule has 0 aliphatic rings. The highest BCUT2D eigenvalue weighted by molar-refractivity contribution is 5.74. The van der Waals surface area contributed by atoms with Crippen LogP contribution < -0.4 is 0 Å². The second-order valence-corrected chi connectivity index (χ2v) is 2.97.